The molecule has 4 nitrogen and oxygen atoms in total. The molecule has 1 aromatic carbocycles. The number of hydrogen-bond acceptors (Lipinski definition) is 3. The first-order valence-corrected chi connectivity index (χ1v) is 6.90. The number of halogens is 1. The van der Waals surface area contributed by atoms with Gasteiger partial charge in [0.15, 0.2) is 0 Å². The molecule has 1 amide bonds. The van der Waals surface area contributed by atoms with Crippen molar-refractivity contribution in [3.8, 4) is 0 Å². The maximum Gasteiger partial charge on any atom is 0.256 e. The fourth-order valence-electron chi connectivity index (χ4n) is 2.03. The smallest absolute Gasteiger partial charge is 0.256 e. The van der Waals surface area contributed by atoms with E-state index in [4.69, 9.17) is 10.5 Å². The summed E-state index contributed by atoms with van der Waals surface area (Å²) in [6.07, 6.45) is 1.17. The molecular formula is C13H17BrN2O2. The van der Waals surface area contributed by atoms with Crippen LogP contribution in [0.4, 0.5) is 5.69 Å². The van der Waals surface area contributed by atoms with Crippen LogP contribution in [-0.2, 0) is 9.53 Å². The van der Waals surface area contributed by atoms with Gasteiger partial charge in [-0.15, -0.1) is 0 Å². The predicted octanol–water partition coefficient (Wildman–Crippen LogP) is 1.92. The van der Waals surface area contributed by atoms with Crippen molar-refractivity contribution in [2.24, 2.45) is 5.73 Å². The molecule has 2 N–H and O–H groups in total. The van der Waals surface area contributed by atoms with Crippen LogP contribution in [0.2, 0.25) is 0 Å². The Labute approximate surface area is 115 Å². The van der Waals surface area contributed by atoms with E-state index < -0.39 is 0 Å². The number of hydrogen-bond donors (Lipinski definition) is 1. The van der Waals surface area contributed by atoms with E-state index in [1.165, 1.54) is 0 Å². The highest BCUT2D eigenvalue weighted by atomic mass is 79.9. The zero-order valence-corrected chi connectivity index (χ0v) is 11.7. The second kappa shape index (κ2) is 6.31. The van der Waals surface area contributed by atoms with Gasteiger partial charge in [-0.1, -0.05) is 15.9 Å². The van der Waals surface area contributed by atoms with Crippen LogP contribution in [0.1, 0.15) is 12.8 Å². The van der Waals surface area contributed by atoms with E-state index in [-0.39, 0.29) is 12.0 Å². The molecule has 1 heterocycles. The maximum atomic E-state index is 12.3. The van der Waals surface area contributed by atoms with Crippen molar-refractivity contribution in [1.29, 1.82) is 0 Å². The number of benzene rings is 1. The molecule has 0 aliphatic carbocycles. The largest absolute Gasteiger partial charge is 0.367 e. The Hall–Kier alpha value is -0.910. The zero-order chi connectivity index (χ0) is 13.0. The van der Waals surface area contributed by atoms with Gasteiger partial charge in [0.25, 0.3) is 5.91 Å². The fourth-order valence-corrected chi connectivity index (χ4v) is 2.29. The number of anilines is 1. The van der Waals surface area contributed by atoms with Crippen molar-refractivity contribution in [2.45, 2.75) is 18.9 Å². The second-order valence-electron chi connectivity index (χ2n) is 4.26. The van der Waals surface area contributed by atoms with E-state index in [2.05, 4.69) is 15.9 Å². The van der Waals surface area contributed by atoms with Crippen LogP contribution in [0.15, 0.2) is 28.7 Å². The first-order chi connectivity index (χ1) is 8.72. The van der Waals surface area contributed by atoms with Crippen molar-refractivity contribution in [3.05, 3.63) is 28.7 Å². The maximum absolute atomic E-state index is 12.3. The lowest BCUT2D eigenvalue weighted by atomic mass is 10.1. The van der Waals surface area contributed by atoms with E-state index in [1.54, 1.807) is 4.90 Å². The van der Waals surface area contributed by atoms with Crippen molar-refractivity contribution in [1.82, 2.24) is 0 Å². The van der Waals surface area contributed by atoms with Crippen molar-refractivity contribution in [3.63, 3.8) is 0 Å². The third-order valence-electron chi connectivity index (χ3n) is 2.98. The van der Waals surface area contributed by atoms with Crippen LogP contribution in [0, 0.1) is 0 Å². The Morgan fingerprint density at radius 1 is 1.39 bits per heavy atom. The van der Waals surface area contributed by atoms with Crippen LogP contribution in [0.5, 0.6) is 0 Å². The highest BCUT2D eigenvalue weighted by Gasteiger charge is 2.29. The minimum atomic E-state index is -0.342. The third-order valence-corrected chi connectivity index (χ3v) is 3.51. The summed E-state index contributed by atoms with van der Waals surface area (Å²) in [5.41, 5.74) is 6.39. The quantitative estimate of drug-likeness (QED) is 0.924. The minimum absolute atomic E-state index is 0.0389. The summed E-state index contributed by atoms with van der Waals surface area (Å²) in [4.78, 5) is 14.1. The first-order valence-electron chi connectivity index (χ1n) is 6.11. The molecule has 2 rings (SSSR count). The van der Waals surface area contributed by atoms with Gasteiger partial charge >= 0.3 is 0 Å². The highest BCUT2D eigenvalue weighted by molar-refractivity contribution is 9.10. The number of rotatable bonds is 4. The van der Waals surface area contributed by atoms with E-state index in [0.29, 0.717) is 26.1 Å². The Morgan fingerprint density at radius 2 is 2.11 bits per heavy atom. The number of carbonyl (C=O) groups is 1. The summed E-state index contributed by atoms with van der Waals surface area (Å²) >= 11 is 3.39. The summed E-state index contributed by atoms with van der Waals surface area (Å²) < 4.78 is 6.52. The average Bonchev–Trinajstić information content (AvgIpc) is 2.39. The summed E-state index contributed by atoms with van der Waals surface area (Å²) in [5, 5.41) is 0. The molecule has 1 aromatic rings. The molecule has 0 saturated carbocycles. The van der Waals surface area contributed by atoms with E-state index in [9.17, 15) is 4.79 Å². The molecule has 1 saturated heterocycles. The summed E-state index contributed by atoms with van der Waals surface area (Å²) in [7, 11) is 0. The molecule has 1 aliphatic heterocycles. The lowest BCUT2D eigenvalue weighted by molar-refractivity contribution is -0.134. The lowest BCUT2D eigenvalue weighted by Gasteiger charge is -2.32. The zero-order valence-electron chi connectivity index (χ0n) is 10.1. The van der Waals surface area contributed by atoms with Gasteiger partial charge in [-0.2, -0.15) is 0 Å². The van der Waals surface area contributed by atoms with Gasteiger partial charge in [-0.05, 0) is 43.7 Å². The number of nitrogens with zero attached hydrogens (tertiary/aromatic N) is 1. The Kier molecular flexibility index (Phi) is 4.74. The van der Waals surface area contributed by atoms with E-state index >= 15 is 0 Å². The standard InChI is InChI=1S/C13H17BrN2O2/c14-10-3-5-11(6-4-10)16-8-9-18-12(13(16)17)2-1-7-15/h3-6,12H,1-2,7-9,15H2. The lowest BCUT2D eigenvalue weighted by Crippen LogP contribution is -2.48. The molecule has 1 atom stereocenters. The Morgan fingerprint density at radius 3 is 2.78 bits per heavy atom. The molecule has 0 spiro atoms. The van der Waals surface area contributed by atoms with Crippen LogP contribution >= 0.6 is 15.9 Å². The monoisotopic (exact) mass is 312 g/mol. The predicted molar refractivity (Wildman–Crippen MR) is 74.5 cm³/mol. The molecule has 0 aromatic heterocycles. The molecular weight excluding hydrogens is 296 g/mol. The molecule has 1 fully saturated rings. The average molecular weight is 313 g/mol. The van der Waals surface area contributed by atoms with Crippen LogP contribution < -0.4 is 10.6 Å². The molecule has 5 heteroatoms. The van der Waals surface area contributed by atoms with Gasteiger partial charge < -0.3 is 15.4 Å². The Balaban J connectivity index is 2.08. The Bertz CT molecular complexity index is 408. The second-order valence-corrected chi connectivity index (χ2v) is 5.17. The SMILES string of the molecule is NCCCC1OCCN(c2ccc(Br)cc2)C1=O. The molecule has 0 radical (unpaired) electrons. The molecule has 1 unspecified atom stereocenters. The van der Waals surface area contributed by atoms with Gasteiger partial charge in [0.2, 0.25) is 0 Å². The first kappa shape index (κ1) is 13.5. The number of morpholine rings is 1. The molecule has 1 aliphatic rings. The summed E-state index contributed by atoms with van der Waals surface area (Å²) in [6, 6.07) is 7.75. The minimum Gasteiger partial charge on any atom is -0.367 e. The molecule has 0 bridgehead atoms. The van der Waals surface area contributed by atoms with Gasteiger partial charge in [0, 0.05) is 16.7 Å². The fraction of sp³-hybridized carbons (Fsp3) is 0.462. The van der Waals surface area contributed by atoms with E-state index in [0.717, 1.165) is 16.6 Å². The van der Waals surface area contributed by atoms with E-state index in [1.807, 2.05) is 24.3 Å². The van der Waals surface area contributed by atoms with Crippen LogP contribution in [-0.4, -0.2) is 31.7 Å². The van der Waals surface area contributed by atoms with Gasteiger partial charge in [-0.3, -0.25) is 4.79 Å². The van der Waals surface area contributed by atoms with Gasteiger partial charge in [-0.25, -0.2) is 0 Å². The molecule has 18 heavy (non-hydrogen) atoms. The summed E-state index contributed by atoms with van der Waals surface area (Å²) in [5.74, 6) is 0.0389. The third kappa shape index (κ3) is 3.10. The van der Waals surface area contributed by atoms with Crippen LogP contribution in [0.25, 0.3) is 0 Å². The van der Waals surface area contributed by atoms with Gasteiger partial charge in [0.05, 0.1) is 6.61 Å². The van der Waals surface area contributed by atoms with Crippen LogP contribution in [0.3, 0.4) is 0 Å². The highest BCUT2D eigenvalue weighted by Crippen LogP contribution is 2.22. The van der Waals surface area contributed by atoms with Crippen molar-refractivity contribution < 1.29 is 9.53 Å². The molecule has 98 valence electrons. The van der Waals surface area contributed by atoms with Crippen molar-refractivity contribution in [2.75, 3.05) is 24.6 Å². The normalized spacial score (nSPS) is 20.2. The number of ether oxygens (including phenoxy) is 1. The van der Waals surface area contributed by atoms with Crippen molar-refractivity contribution >= 4 is 27.5 Å². The van der Waals surface area contributed by atoms with Gasteiger partial charge in [0.1, 0.15) is 6.10 Å². The topological polar surface area (TPSA) is 55.6 Å². The summed E-state index contributed by atoms with van der Waals surface area (Å²) in [6.45, 7) is 1.78. The number of carbonyl (C=O) groups excluding carboxylic acids is 1. The number of amides is 1. The number of nitrogens with two attached hydrogens (primary N) is 1.